The number of hydrogen-bond donors (Lipinski definition) is 1. The molecule has 1 amide bonds. The van der Waals surface area contributed by atoms with E-state index >= 15 is 0 Å². The van der Waals surface area contributed by atoms with E-state index < -0.39 is 10.0 Å². The number of aryl methyl sites for hydroxylation is 1. The number of aromatic nitrogens is 1. The molecule has 0 bridgehead atoms. The molecule has 0 atom stereocenters. The maximum atomic E-state index is 13.0. The van der Waals surface area contributed by atoms with Crippen LogP contribution in [0, 0.1) is 6.92 Å². The number of ether oxygens (including phenoxy) is 1. The molecule has 7 nitrogen and oxygen atoms in total. The van der Waals surface area contributed by atoms with Gasteiger partial charge < -0.3 is 4.74 Å². The van der Waals surface area contributed by atoms with Gasteiger partial charge in [0.1, 0.15) is 5.75 Å². The van der Waals surface area contributed by atoms with Gasteiger partial charge in [-0.25, -0.2) is 13.4 Å². The Morgan fingerprint density at radius 1 is 1.00 bits per heavy atom. The van der Waals surface area contributed by atoms with Gasteiger partial charge in [0, 0.05) is 29.6 Å². The predicted octanol–water partition coefficient (Wildman–Crippen LogP) is 5.59. The van der Waals surface area contributed by atoms with Gasteiger partial charge in [-0.1, -0.05) is 30.3 Å². The van der Waals surface area contributed by atoms with E-state index in [1.54, 1.807) is 0 Å². The second-order valence-corrected chi connectivity index (χ2v) is 11.4. The first-order valence-corrected chi connectivity index (χ1v) is 13.7. The van der Waals surface area contributed by atoms with Crippen molar-refractivity contribution in [3.8, 4) is 17.0 Å². The highest BCUT2D eigenvalue weighted by Gasteiger charge is 2.21. The van der Waals surface area contributed by atoms with Crippen LogP contribution in [0.15, 0.2) is 83.8 Å². The Kier molecular flexibility index (Phi) is 7.83. The lowest BCUT2D eigenvalue weighted by atomic mass is 10.1. The SMILES string of the molecule is CCOc1ccc(-c2nc(NC(=O)c3ccc(S(=O)(=O)N(C)Cc4ccccc4)cc3)sc2C)cc1. The number of hydrogen-bond acceptors (Lipinski definition) is 6. The van der Waals surface area contributed by atoms with Crippen LogP contribution in [0.3, 0.4) is 0 Å². The first-order valence-electron chi connectivity index (χ1n) is 11.4. The van der Waals surface area contributed by atoms with E-state index in [2.05, 4.69) is 10.3 Å². The first kappa shape index (κ1) is 25.6. The van der Waals surface area contributed by atoms with Gasteiger partial charge in [0.25, 0.3) is 5.91 Å². The highest BCUT2D eigenvalue weighted by Crippen LogP contribution is 2.31. The van der Waals surface area contributed by atoms with Gasteiger partial charge in [-0.3, -0.25) is 10.1 Å². The third-order valence-electron chi connectivity index (χ3n) is 5.53. The van der Waals surface area contributed by atoms with Crippen molar-refractivity contribution in [2.24, 2.45) is 0 Å². The van der Waals surface area contributed by atoms with Gasteiger partial charge in [0.05, 0.1) is 17.2 Å². The maximum absolute atomic E-state index is 13.0. The quantitative estimate of drug-likeness (QED) is 0.310. The maximum Gasteiger partial charge on any atom is 0.257 e. The number of benzene rings is 3. The summed E-state index contributed by atoms with van der Waals surface area (Å²) < 4.78 is 32.7. The lowest BCUT2D eigenvalue weighted by Crippen LogP contribution is -2.26. The highest BCUT2D eigenvalue weighted by atomic mass is 32.2. The van der Waals surface area contributed by atoms with Gasteiger partial charge in [0.2, 0.25) is 10.0 Å². The van der Waals surface area contributed by atoms with Crippen molar-refractivity contribution in [2.75, 3.05) is 19.0 Å². The molecule has 36 heavy (non-hydrogen) atoms. The van der Waals surface area contributed by atoms with E-state index in [1.165, 1.54) is 47.0 Å². The monoisotopic (exact) mass is 521 g/mol. The fraction of sp³-hybridized carbons (Fsp3) is 0.185. The zero-order valence-electron chi connectivity index (χ0n) is 20.3. The summed E-state index contributed by atoms with van der Waals surface area (Å²) in [7, 11) is -2.16. The van der Waals surface area contributed by atoms with E-state index in [0.29, 0.717) is 17.3 Å². The Balaban J connectivity index is 1.44. The molecule has 9 heteroatoms. The van der Waals surface area contributed by atoms with Crippen molar-refractivity contribution in [3.63, 3.8) is 0 Å². The smallest absolute Gasteiger partial charge is 0.257 e. The van der Waals surface area contributed by atoms with Gasteiger partial charge >= 0.3 is 0 Å². The Morgan fingerprint density at radius 3 is 2.31 bits per heavy atom. The largest absolute Gasteiger partial charge is 0.494 e. The summed E-state index contributed by atoms with van der Waals surface area (Å²) in [4.78, 5) is 18.5. The Labute approximate surface area is 215 Å². The van der Waals surface area contributed by atoms with Crippen LogP contribution in [0.1, 0.15) is 27.7 Å². The van der Waals surface area contributed by atoms with E-state index in [0.717, 1.165) is 27.4 Å². The van der Waals surface area contributed by atoms with Crippen LogP contribution in [0.25, 0.3) is 11.3 Å². The number of carbonyl (C=O) groups is 1. The van der Waals surface area contributed by atoms with Crippen molar-refractivity contribution in [1.82, 2.24) is 9.29 Å². The number of nitrogens with one attached hydrogen (secondary N) is 1. The number of rotatable bonds is 9. The van der Waals surface area contributed by atoms with Gasteiger partial charge in [-0.05, 0) is 67.9 Å². The second kappa shape index (κ2) is 11.0. The molecule has 186 valence electrons. The molecule has 1 heterocycles. The molecule has 0 aliphatic heterocycles. The standard InChI is InChI=1S/C27H27N3O4S2/c1-4-34-23-14-10-21(11-15-23)25-19(2)35-27(28-25)29-26(31)22-12-16-24(17-13-22)36(32,33)30(3)18-20-8-6-5-7-9-20/h5-17H,4,18H2,1-3H3,(H,28,29,31). The molecule has 1 aromatic heterocycles. The summed E-state index contributed by atoms with van der Waals surface area (Å²) in [5, 5.41) is 3.29. The minimum atomic E-state index is -3.70. The predicted molar refractivity (Wildman–Crippen MR) is 143 cm³/mol. The zero-order chi connectivity index (χ0) is 25.7. The van der Waals surface area contributed by atoms with Crippen LogP contribution >= 0.6 is 11.3 Å². The lowest BCUT2D eigenvalue weighted by Gasteiger charge is -2.17. The number of amides is 1. The number of anilines is 1. The number of carbonyl (C=O) groups excluding carboxylic acids is 1. The summed E-state index contributed by atoms with van der Waals surface area (Å²) >= 11 is 1.38. The Hall–Kier alpha value is -3.53. The van der Waals surface area contributed by atoms with E-state index in [4.69, 9.17) is 4.74 Å². The fourth-order valence-electron chi connectivity index (χ4n) is 3.65. The average molecular weight is 522 g/mol. The van der Waals surface area contributed by atoms with Crippen LogP contribution in [0.2, 0.25) is 0 Å². The Morgan fingerprint density at radius 2 is 1.67 bits per heavy atom. The molecule has 0 spiro atoms. The average Bonchev–Trinajstić information content (AvgIpc) is 3.25. The molecular formula is C27H27N3O4S2. The first-order chi connectivity index (χ1) is 17.3. The van der Waals surface area contributed by atoms with E-state index in [9.17, 15) is 13.2 Å². The number of nitrogens with zero attached hydrogens (tertiary/aromatic N) is 2. The zero-order valence-corrected chi connectivity index (χ0v) is 21.9. The summed E-state index contributed by atoms with van der Waals surface area (Å²) in [6.07, 6.45) is 0. The van der Waals surface area contributed by atoms with Crippen LogP contribution in [0.5, 0.6) is 5.75 Å². The molecule has 0 aliphatic rings. The van der Waals surface area contributed by atoms with Crippen LogP contribution < -0.4 is 10.1 Å². The number of thiazole rings is 1. The fourth-order valence-corrected chi connectivity index (χ4v) is 5.64. The van der Waals surface area contributed by atoms with E-state index in [-0.39, 0.29) is 17.3 Å². The van der Waals surface area contributed by atoms with Crippen molar-refractivity contribution >= 4 is 32.4 Å². The lowest BCUT2D eigenvalue weighted by molar-refractivity contribution is 0.102. The Bertz CT molecular complexity index is 1430. The molecule has 0 aliphatic carbocycles. The van der Waals surface area contributed by atoms with Gasteiger partial charge in [-0.15, -0.1) is 11.3 Å². The summed E-state index contributed by atoms with van der Waals surface area (Å²) in [6, 6.07) is 22.9. The molecule has 1 N–H and O–H groups in total. The van der Waals surface area contributed by atoms with Crippen LogP contribution in [-0.2, 0) is 16.6 Å². The topological polar surface area (TPSA) is 88.6 Å². The van der Waals surface area contributed by atoms with Crippen molar-refractivity contribution < 1.29 is 17.9 Å². The minimum Gasteiger partial charge on any atom is -0.494 e. The van der Waals surface area contributed by atoms with Crippen LogP contribution in [-0.4, -0.2) is 37.3 Å². The summed E-state index contributed by atoms with van der Waals surface area (Å²) in [5.41, 5.74) is 2.96. The molecule has 0 saturated heterocycles. The third-order valence-corrected chi connectivity index (χ3v) is 8.23. The summed E-state index contributed by atoms with van der Waals surface area (Å²) in [5.74, 6) is 0.433. The molecule has 0 saturated carbocycles. The van der Waals surface area contributed by atoms with E-state index in [1.807, 2.05) is 68.4 Å². The third kappa shape index (κ3) is 5.81. The van der Waals surface area contributed by atoms with Gasteiger partial charge in [0.15, 0.2) is 5.13 Å². The molecule has 4 rings (SSSR count). The van der Waals surface area contributed by atoms with Gasteiger partial charge in [-0.2, -0.15) is 4.31 Å². The van der Waals surface area contributed by atoms with Crippen LogP contribution in [0.4, 0.5) is 5.13 Å². The normalized spacial score (nSPS) is 11.4. The minimum absolute atomic E-state index is 0.125. The molecule has 0 radical (unpaired) electrons. The van der Waals surface area contributed by atoms with Crippen molar-refractivity contribution in [2.45, 2.75) is 25.3 Å². The molecule has 0 fully saturated rings. The van der Waals surface area contributed by atoms with Crippen molar-refractivity contribution in [3.05, 3.63) is 94.9 Å². The number of sulfonamides is 1. The highest BCUT2D eigenvalue weighted by molar-refractivity contribution is 7.89. The summed E-state index contributed by atoms with van der Waals surface area (Å²) in [6.45, 7) is 4.74. The molecule has 0 unspecified atom stereocenters. The second-order valence-electron chi connectivity index (χ2n) is 8.11. The molecule has 4 aromatic rings. The molecular weight excluding hydrogens is 494 g/mol. The van der Waals surface area contributed by atoms with Crippen molar-refractivity contribution in [1.29, 1.82) is 0 Å². The molecule has 3 aromatic carbocycles.